The van der Waals surface area contributed by atoms with E-state index >= 15 is 0 Å². The number of allylic oxidation sites excluding steroid dienone is 1. The van der Waals surface area contributed by atoms with E-state index in [2.05, 4.69) is 6.58 Å². The van der Waals surface area contributed by atoms with Crippen LogP contribution in [0.15, 0.2) is 47.1 Å². The van der Waals surface area contributed by atoms with Gasteiger partial charge in [-0.1, -0.05) is 12.7 Å². The second-order valence-electron chi connectivity index (χ2n) is 6.85. The highest BCUT2D eigenvalue weighted by atomic mass is 16.6. The van der Waals surface area contributed by atoms with Crippen LogP contribution in [0.3, 0.4) is 0 Å². The quantitative estimate of drug-likeness (QED) is 0.443. The van der Waals surface area contributed by atoms with Crippen molar-refractivity contribution in [2.45, 2.75) is 58.5 Å². The molecule has 0 unspecified atom stereocenters. The maximum absolute atomic E-state index is 12.3. The monoisotopic (exact) mass is 362 g/mol. The standard InChI is InChI=1S/C20H26O6/c1-6-10(2)19(23)25-16-7-11(3)14(21)9-15(22)12(4)8-17-18(16)13(5)20(24)26-17/h6-8,14-18,21-22H,5,9H2,1-4H3/b10-6-,11-7-,12-8-/t14-,15+,16-,17-,18-/m1/s1. The largest absolute Gasteiger partial charge is 0.454 e. The second-order valence-corrected chi connectivity index (χ2v) is 6.85. The van der Waals surface area contributed by atoms with Crippen molar-refractivity contribution in [3.63, 3.8) is 0 Å². The highest BCUT2D eigenvalue weighted by Crippen LogP contribution is 2.35. The van der Waals surface area contributed by atoms with Gasteiger partial charge in [-0.05, 0) is 51.0 Å². The van der Waals surface area contributed by atoms with Gasteiger partial charge in [0.1, 0.15) is 12.2 Å². The van der Waals surface area contributed by atoms with Gasteiger partial charge in [-0.15, -0.1) is 0 Å². The predicted molar refractivity (Wildman–Crippen MR) is 96.0 cm³/mol. The lowest BCUT2D eigenvalue weighted by Gasteiger charge is -2.27. The van der Waals surface area contributed by atoms with Crippen molar-refractivity contribution in [2.75, 3.05) is 0 Å². The minimum absolute atomic E-state index is 0.103. The Balaban J connectivity index is 2.50. The summed E-state index contributed by atoms with van der Waals surface area (Å²) in [5.74, 6) is -1.70. The first-order valence-electron chi connectivity index (χ1n) is 8.62. The van der Waals surface area contributed by atoms with Crippen molar-refractivity contribution in [2.24, 2.45) is 5.92 Å². The number of aliphatic hydroxyl groups is 2. The maximum Gasteiger partial charge on any atom is 0.334 e. The Kier molecular flexibility index (Phi) is 6.21. The van der Waals surface area contributed by atoms with E-state index in [9.17, 15) is 19.8 Å². The number of carbonyl (C=O) groups excluding carboxylic acids is 2. The number of aliphatic hydroxyl groups excluding tert-OH is 2. The molecule has 2 rings (SSSR count). The van der Waals surface area contributed by atoms with Gasteiger partial charge in [0.05, 0.1) is 18.1 Å². The van der Waals surface area contributed by atoms with E-state index in [0.29, 0.717) is 16.7 Å². The molecule has 26 heavy (non-hydrogen) atoms. The lowest BCUT2D eigenvalue weighted by molar-refractivity contribution is -0.144. The summed E-state index contributed by atoms with van der Waals surface area (Å²) in [6.45, 7) is 10.6. The SMILES string of the molecule is C=C1C(=O)O[C@@H]2/C=C(/C)[C@@H](O)C[C@@H](O)/C(C)=C\[C@@H](OC(=O)/C(C)=C\C)[C@@H]12. The molecule has 0 spiro atoms. The Labute approximate surface area is 153 Å². The fraction of sp³-hybridized carbons (Fsp3) is 0.500. The molecule has 0 aromatic rings. The van der Waals surface area contributed by atoms with Crippen LogP contribution in [-0.4, -0.2) is 46.6 Å². The van der Waals surface area contributed by atoms with E-state index in [4.69, 9.17) is 9.47 Å². The minimum Gasteiger partial charge on any atom is -0.454 e. The summed E-state index contributed by atoms with van der Waals surface area (Å²) in [4.78, 5) is 24.3. The molecule has 0 aromatic carbocycles. The second kappa shape index (κ2) is 8.01. The van der Waals surface area contributed by atoms with Gasteiger partial charge in [-0.3, -0.25) is 0 Å². The molecule has 1 aliphatic heterocycles. The lowest BCUT2D eigenvalue weighted by atomic mass is 9.86. The third kappa shape index (κ3) is 4.14. The molecule has 0 saturated carbocycles. The molecule has 6 heteroatoms. The van der Waals surface area contributed by atoms with E-state index < -0.39 is 42.3 Å². The molecule has 0 amide bonds. The molecular formula is C20H26O6. The zero-order valence-electron chi connectivity index (χ0n) is 15.6. The third-order valence-electron chi connectivity index (χ3n) is 4.97. The molecule has 2 aliphatic rings. The van der Waals surface area contributed by atoms with Crippen LogP contribution in [0.4, 0.5) is 0 Å². The van der Waals surface area contributed by atoms with Gasteiger partial charge in [0.2, 0.25) is 0 Å². The number of hydrogen-bond donors (Lipinski definition) is 2. The number of esters is 2. The fourth-order valence-electron chi connectivity index (χ4n) is 3.00. The number of hydrogen-bond acceptors (Lipinski definition) is 6. The molecule has 1 saturated heterocycles. The van der Waals surface area contributed by atoms with Gasteiger partial charge in [-0.2, -0.15) is 0 Å². The van der Waals surface area contributed by atoms with Gasteiger partial charge in [0.15, 0.2) is 0 Å². The van der Waals surface area contributed by atoms with Crippen molar-refractivity contribution >= 4 is 11.9 Å². The summed E-state index contributed by atoms with van der Waals surface area (Å²) in [5.41, 5.74) is 1.75. The van der Waals surface area contributed by atoms with Crippen molar-refractivity contribution in [3.05, 3.63) is 47.1 Å². The molecule has 0 bridgehead atoms. The summed E-state index contributed by atoms with van der Waals surface area (Å²) in [6.07, 6.45) is 1.68. The minimum atomic E-state index is -0.903. The van der Waals surface area contributed by atoms with Crippen molar-refractivity contribution < 1.29 is 29.3 Å². The summed E-state index contributed by atoms with van der Waals surface area (Å²) in [7, 11) is 0. The summed E-state index contributed by atoms with van der Waals surface area (Å²) >= 11 is 0. The summed E-state index contributed by atoms with van der Waals surface area (Å²) < 4.78 is 11.0. The average Bonchev–Trinajstić information content (AvgIpc) is 2.86. The van der Waals surface area contributed by atoms with Crippen molar-refractivity contribution in [1.82, 2.24) is 0 Å². The van der Waals surface area contributed by atoms with Crippen LogP contribution in [0.25, 0.3) is 0 Å². The van der Waals surface area contributed by atoms with Crippen molar-refractivity contribution in [3.8, 4) is 0 Å². The molecule has 0 radical (unpaired) electrons. The Hall–Kier alpha value is -2.18. The Morgan fingerprint density at radius 3 is 2.42 bits per heavy atom. The van der Waals surface area contributed by atoms with E-state index in [1.807, 2.05) is 0 Å². The highest BCUT2D eigenvalue weighted by molar-refractivity contribution is 5.92. The fourth-order valence-corrected chi connectivity index (χ4v) is 3.00. The topological polar surface area (TPSA) is 93.1 Å². The van der Waals surface area contributed by atoms with Gasteiger partial charge in [0.25, 0.3) is 0 Å². The van der Waals surface area contributed by atoms with Crippen LogP contribution in [0, 0.1) is 5.92 Å². The number of rotatable bonds is 2. The lowest BCUT2D eigenvalue weighted by Crippen LogP contribution is -2.34. The van der Waals surface area contributed by atoms with Crippen LogP contribution in [0.2, 0.25) is 0 Å². The van der Waals surface area contributed by atoms with E-state index in [1.165, 1.54) is 0 Å². The molecule has 5 atom stereocenters. The molecule has 1 aliphatic carbocycles. The van der Waals surface area contributed by atoms with Gasteiger partial charge < -0.3 is 19.7 Å². The van der Waals surface area contributed by atoms with Crippen molar-refractivity contribution in [1.29, 1.82) is 0 Å². The van der Waals surface area contributed by atoms with E-state index in [1.54, 1.807) is 45.9 Å². The van der Waals surface area contributed by atoms with Crippen LogP contribution in [-0.2, 0) is 19.1 Å². The van der Waals surface area contributed by atoms with Crippen LogP contribution < -0.4 is 0 Å². The van der Waals surface area contributed by atoms with E-state index in [0.717, 1.165) is 0 Å². The third-order valence-corrected chi connectivity index (χ3v) is 4.97. The molecule has 1 fully saturated rings. The summed E-state index contributed by atoms with van der Waals surface area (Å²) in [5, 5.41) is 20.6. The normalized spacial score (nSPS) is 37.0. The zero-order chi connectivity index (χ0) is 19.6. The number of ether oxygens (including phenoxy) is 2. The predicted octanol–water partition coefficient (Wildman–Crippen LogP) is 1.98. The Morgan fingerprint density at radius 2 is 1.85 bits per heavy atom. The first kappa shape index (κ1) is 20.1. The molecule has 1 heterocycles. The van der Waals surface area contributed by atoms with Gasteiger partial charge >= 0.3 is 11.9 Å². The maximum atomic E-state index is 12.3. The number of carbonyl (C=O) groups is 2. The molecular weight excluding hydrogens is 336 g/mol. The highest BCUT2D eigenvalue weighted by Gasteiger charge is 2.44. The summed E-state index contributed by atoms with van der Waals surface area (Å²) in [6, 6.07) is 0. The smallest absolute Gasteiger partial charge is 0.334 e. The van der Waals surface area contributed by atoms with E-state index in [-0.39, 0.29) is 12.0 Å². The average molecular weight is 362 g/mol. The van der Waals surface area contributed by atoms with Gasteiger partial charge in [0, 0.05) is 17.6 Å². The number of fused-ring (bicyclic) bond motifs is 1. The Morgan fingerprint density at radius 1 is 1.27 bits per heavy atom. The first-order valence-corrected chi connectivity index (χ1v) is 8.62. The van der Waals surface area contributed by atoms with Crippen LogP contribution in [0.1, 0.15) is 34.1 Å². The van der Waals surface area contributed by atoms with Crippen LogP contribution in [0.5, 0.6) is 0 Å². The molecule has 2 N–H and O–H groups in total. The molecule has 0 aromatic heterocycles. The van der Waals surface area contributed by atoms with Crippen LogP contribution >= 0.6 is 0 Å². The zero-order valence-corrected chi connectivity index (χ0v) is 15.6. The first-order chi connectivity index (χ1) is 12.1. The molecule has 6 nitrogen and oxygen atoms in total. The van der Waals surface area contributed by atoms with Gasteiger partial charge in [-0.25, -0.2) is 9.59 Å². The molecule has 142 valence electrons. The Bertz CT molecular complexity index is 699.